The van der Waals surface area contributed by atoms with Crippen molar-refractivity contribution >= 4 is 5.97 Å². The summed E-state index contributed by atoms with van der Waals surface area (Å²) in [5.41, 5.74) is 0. The number of rotatable bonds is 2. The van der Waals surface area contributed by atoms with Crippen molar-refractivity contribution < 1.29 is 9.90 Å². The van der Waals surface area contributed by atoms with Gasteiger partial charge < -0.3 is 5.11 Å². The third-order valence-corrected chi connectivity index (χ3v) is 3.36. The maximum Gasteiger partial charge on any atom is 0.308 e. The summed E-state index contributed by atoms with van der Waals surface area (Å²) in [5.74, 6) is -0.745. The second-order valence-electron chi connectivity index (χ2n) is 4.22. The van der Waals surface area contributed by atoms with Crippen molar-refractivity contribution in [2.24, 2.45) is 5.92 Å². The van der Waals surface area contributed by atoms with E-state index in [9.17, 15) is 4.79 Å². The Morgan fingerprint density at radius 2 is 1.86 bits per heavy atom. The van der Waals surface area contributed by atoms with Crippen LogP contribution in [-0.4, -0.2) is 35.1 Å². The quantitative estimate of drug-likeness (QED) is 0.679. The molecule has 1 heterocycles. The van der Waals surface area contributed by atoms with E-state index in [4.69, 9.17) is 5.11 Å². The zero-order chi connectivity index (χ0) is 9.97. The van der Waals surface area contributed by atoms with Crippen molar-refractivity contribution in [3.8, 4) is 0 Å². The van der Waals surface area contributed by atoms with E-state index < -0.39 is 5.97 Å². The Morgan fingerprint density at radius 1 is 1.21 bits per heavy atom. The molecule has 1 aliphatic carbocycles. The highest BCUT2D eigenvalue weighted by molar-refractivity contribution is 5.71. The Labute approximate surface area is 84.4 Å². The molecular weight excluding hydrogens is 178 g/mol. The lowest BCUT2D eigenvalue weighted by Gasteiger charge is -2.35. The van der Waals surface area contributed by atoms with Gasteiger partial charge in [-0.2, -0.15) is 0 Å². The molecule has 0 aromatic heterocycles. The van der Waals surface area contributed by atoms with Crippen molar-refractivity contribution in [1.82, 2.24) is 4.90 Å². The molecule has 0 aromatic carbocycles. The van der Waals surface area contributed by atoms with Gasteiger partial charge in [-0.25, -0.2) is 0 Å². The van der Waals surface area contributed by atoms with E-state index in [2.05, 4.69) is 17.1 Å². The molecular formula is C11H17NO2. The number of carboxylic acids is 1. The zero-order valence-electron chi connectivity index (χ0n) is 8.35. The predicted octanol–water partition coefficient (Wildman–Crippen LogP) is 1.50. The van der Waals surface area contributed by atoms with E-state index in [1.54, 1.807) is 0 Å². The van der Waals surface area contributed by atoms with Gasteiger partial charge in [0.05, 0.1) is 5.92 Å². The van der Waals surface area contributed by atoms with E-state index in [-0.39, 0.29) is 12.0 Å². The van der Waals surface area contributed by atoms with Crippen LogP contribution in [0.25, 0.3) is 0 Å². The van der Waals surface area contributed by atoms with Gasteiger partial charge in [0.25, 0.3) is 0 Å². The average Bonchev–Trinajstić information content (AvgIpc) is 2.70. The average molecular weight is 195 g/mol. The molecule has 2 unspecified atom stereocenters. The van der Waals surface area contributed by atoms with Crippen LogP contribution in [0.4, 0.5) is 0 Å². The summed E-state index contributed by atoms with van der Waals surface area (Å²) in [4.78, 5) is 13.4. The van der Waals surface area contributed by atoms with Crippen LogP contribution in [-0.2, 0) is 4.79 Å². The highest BCUT2D eigenvalue weighted by Crippen LogP contribution is 2.29. The second-order valence-corrected chi connectivity index (χ2v) is 4.22. The van der Waals surface area contributed by atoms with E-state index in [0.29, 0.717) is 0 Å². The van der Waals surface area contributed by atoms with Crippen LogP contribution in [0.1, 0.15) is 25.7 Å². The van der Waals surface area contributed by atoms with Crippen LogP contribution in [0.3, 0.4) is 0 Å². The number of aliphatic carboxylic acids is 1. The Bertz CT molecular complexity index is 242. The Hall–Kier alpha value is -0.830. The summed E-state index contributed by atoms with van der Waals surface area (Å²) < 4.78 is 0. The summed E-state index contributed by atoms with van der Waals surface area (Å²) in [6.45, 7) is 1.88. The molecule has 0 spiro atoms. The number of hydrogen-bond acceptors (Lipinski definition) is 2. The number of hydrogen-bond donors (Lipinski definition) is 1. The summed E-state index contributed by atoms with van der Waals surface area (Å²) in [6.07, 6.45) is 8.44. The first-order valence-electron chi connectivity index (χ1n) is 5.41. The van der Waals surface area contributed by atoms with Crippen LogP contribution >= 0.6 is 0 Å². The van der Waals surface area contributed by atoms with Crippen LogP contribution in [0.2, 0.25) is 0 Å². The normalized spacial score (nSPS) is 33.4. The van der Waals surface area contributed by atoms with Gasteiger partial charge in [0.2, 0.25) is 0 Å². The molecule has 0 radical (unpaired) electrons. The monoisotopic (exact) mass is 195 g/mol. The second kappa shape index (κ2) is 4.13. The molecule has 1 fully saturated rings. The molecule has 2 rings (SSSR count). The standard InChI is InChI=1S/C11H17NO2/c13-11(14)9-5-1-2-6-10(9)12-7-3-4-8-12/h3-4,9-10H,1-2,5-8H2,(H,13,14). The molecule has 0 amide bonds. The van der Waals surface area contributed by atoms with Gasteiger partial charge in [-0.3, -0.25) is 9.69 Å². The van der Waals surface area contributed by atoms with Crippen molar-refractivity contribution in [2.45, 2.75) is 31.7 Å². The van der Waals surface area contributed by atoms with Crippen LogP contribution in [0, 0.1) is 5.92 Å². The van der Waals surface area contributed by atoms with Crippen LogP contribution in [0.5, 0.6) is 0 Å². The summed E-state index contributed by atoms with van der Waals surface area (Å²) in [5, 5.41) is 9.12. The minimum atomic E-state index is -0.610. The van der Waals surface area contributed by atoms with Gasteiger partial charge in [-0.15, -0.1) is 0 Å². The first-order chi connectivity index (χ1) is 6.79. The maximum absolute atomic E-state index is 11.1. The van der Waals surface area contributed by atoms with E-state index in [0.717, 1.165) is 32.4 Å². The third kappa shape index (κ3) is 1.82. The molecule has 2 atom stereocenters. The predicted molar refractivity (Wildman–Crippen MR) is 54.1 cm³/mol. The highest BCUT2D eigenvalue weighted by Gasteiger charge is 2.34. The van der Waals surface area contributed by atoms with Gasteiger partial charge >= 0.3 is 5.97 Å². The lowest BCUT2D eigenvalue weighted by molar-refractivity contribution is -0.145. The summed E-state index contributed by atoms with van der Waals surface area (Å²) in [6, 6.07) is 0.274. The Morgan fingerprint density at radius 3 is 2.50 bits per heavy atom. The topological polar surface area (TPSA) is 40.5 Å². The molecule has 3 nitrogen and oxygen atoms in total. The Balaban J connectivity index is 2.02. The Kier molecular flexibility index (Phi) is 2.87. The van der Waals surface area contributed by atoms with Gasteiger partial charge in [0.1, 0.15) is 0 Å². The minimum absolute atomic E-state index is 0.136. The molecule has 0 bridgehead atoms. The number of nitrogens with zero attached hydrogens (tertiary/aromatic N) is 1. The molecule has 1 aliphatic heterocycles. The summed E-state index contributed by atoms with van der Waals surface area (Å²) in [7, 11) is 0. The molecule has 78 valence electrons. The van der Waals surface area contributed by atoms with E-state index in [1.165, 1.54) is 6.42 Å². The molecule has 1 N–H and O–H groups in total. The summed E-state index contributed by atoms with van der Waals surface area (Å²) >= 11 is 0. The van der Waals surface area contributed by atoms with Crippen molar-refractivity contribution in [1.29, 1.82) is 0 Å². The fourth-order valence-electron chi connectivity index (χ4n) is 2.60. The molecule has 3 heteroatoms. The fraction of sp³-hybridized carbons (Fsp3) is 0.727. The number of carboxylic acid groups (broad SMARTS) is 1. The van der Waals surface area contributed by atoms with E-state index in [1.807, 2.05) is 0 Å². The smallest absolute Gasteiger partial charge is 0.308 e. The van der Waals surface area contributed by atoms with E-state index >= 15 is 0 Å². The lowest BCUT2D eigenvalue weighted by atomic mass is 9.83. The lowest BCUT2D eigenvalue weighted by Crippen LogP contribution is -2.44. The van der Waals surface area contributed by atoms with Crippen molar-refractivity contribution in [2.75, 3.05) is 13.1 Å². The van der Waals surface area contributed by atoms with Gasteiger partial charge in [0.15, 0.2) is 0 Å². The molecule has 1 saturated carbocycles. The van der Waals surface area contributed by atoms with Crippen molar-refractivity contribution in [3.05, 3.63) is 12.2 Å². The largest absolute Gasteiger partial charge is 0.481 e. The minimum Gasteiger partial charge on any atom is -0.481 e. The fourth-order valence-corrected chi connectivity index (χ4v) is 2.60. The first kappa shape index (κ1) is 9.71. The molecule has 14 heavy (non-hydrogen) atoms. The highest BCUT2D eigenvalue weighted by atomic mass is 16.4. The first-order valence-corrected chi connectivity index (χ1v) is 5.41. The van der Waals surface area contributed by atoms with Gasteiger partial charge in [-0.05, 0) is 12.8 Å². The SMILES string of the molecule is O=C(O)C1CCCCC1N1CC=CC1. The maximum atomic E-state index is 11.1. The van der Waals surface area contributed by atoms with Gasteiger partial charge in [0, 0.05) is 19.1 Å². The van der Waals surface area contributed by atoms with Crippen LogP contribution in [0.15, 0.2) is 12.2 Å². The zero-order valence-corrected chi connectivity index (χ0v) is 8.35. The van der Waals surface area contributed by atoms with Crippen LogP contribution < -0.4 is 0 Å². The van der Waals surface area contributed by atoms with Gasteiger partial charge in [-0.1, -0.05) is 25.0 Å². The molecule has 2 aliphatic rings. The molecule has 0 saturated heterocycles. The molecule has 0 aromatic rings. The van der Waals surface area contributed by atoms with Crippen molar-refractivity contribution in [3.63, 3.8) is 0 Å². The third-order valence-electron chi connectivity index (χ3n) is 3.36. The number of carbonyl (C=O) groups is 1.